The van der Waals surface area contributed by atoms with Gasteiger partial charge in [-0.2, -0.15) is 4.52 Å². The van der Waals surface area contributed by atoms with Crippen molar-refractivity contribution >= 4 is 17.4 Å². The zero-order chi connectivity index (χ0) is 20.6. The van der Waals surface area contributed by atoms with Crippen molar-refractivity contribution in [1.82, 2.24) is 29.6 Å². The maximum atomic E-state index is 12.1. The van der Waals surface area contributed by atoms with Crippen LogP contribution in [0.5, 0.6) is 0 Å². The van der Waals surface area contributed by atoms with Crippen LogP contribution in [-0.2, 0) is 14.9 Å². The zero-order valence-electron chi connectivity index (χ0n) is 17.8. The van der Waals surface area contributed by atoms with E-state index in [0.717, 1.165) is 56.4 Å². The smallest absolute Gasteiger partial charge is 0.248 e. The predicted octanol–water partition coefficient (Wildman–Crippen LogP) is 0.791. The largest absolute Gasteiger partial charge is 0.372 e. The number of likely N-dealkylation sites (N-methyl/N-ethyl adjacent to an activating group) is 1. The molecule has 2 fully saturated rings. The molecule has 4 rings (SSSR count). The summed E-state index contributed by atoms with van der Waals surface area (Å²) < 4.78 is 7.17. The number of anilines is 1. The summed E-state index contributed by atoms with van der Waals surface area (Å²) >= 11 is 0. The number of carbonyl (C=O) groups is 1. The summed E-state index contributed by atoms with van der Waals surface area (Å²) in [5, 5.41) is 13.3. The van der Waals surface area contributed by atoms with Gasteiger partial charge in [0.05, 0.1) is 0 Å². The molecule has 2 saturated heterocycles. The number of hydrogen-bond donors (Lipinski definition) is 0. The van der Waals surface area contributed by atoms with Crippen LogP contribution in [0.15, 0.2) is 12.1 Å². The van der Waals surface area contributed by atoms with E-state index in [2.05, 4.69) is 47.8 Å². The van der Waals surface area contributed by atoms with Crippen molar-refractivity contribution in [3.8, 4) is 0 Å². The Hall–Kier alpha value is -2.26. The lowest BCUT2D eigenvalue weighted by atomic mass is 9.96. The summed E-state index contributed by atoms with van der Waals surface area (Å²) in [6.45, 7) is 11.5. The highest BCUT2D eigenvalue weighted by atomic mass is 16.5. The van der Waals surface area contributed by atoms with Gasteiger partial charge >= 0.3 is 0 Å². The monoisotopic (exact) mass is 401 g/mol. The van der Waals surface area contributed by atoms with Gasteiger partial charge in [0.15, 0.2) is 11.5 Å². The number of nitrogens with zero attached hydrogens (tertiary/aromatic N) is 7. The molecule has 2 aromatic rings. The first-order valence-corrected chi connectivity index (χ1v) is 10.4. The number of aromatic nitrogens is 4. The highest BCUT2D eigenvalue weighted by Crippen LogP contribution is 2.24. The van der Waals surface area contributed by atoms with E-state index in [1.165, 1.54) is 0 Å². The molecule has 0 aromatic carbocycles. The van der Waals surface area contributed by atoms with Crippen LogP contribution in [0.25, 0.3) is 5.65 Å². The maximum absolute atomic E-state index is 12.1. The number of ether oxygens (including phenoxy) is 1. The number of fused-ring (bicyclic) bond motifs is 1. The van der Waals surface area contributed by atoms with Gasteiger partial charge in [-0.25, -0.2) is 0 Å². The Morgan fingerprint density at radius 2 is 2.03 bits per heavy atom. The zero-order valence-corrected chi connectivity index (χ0v) is 17.8. The van der Waals surface area contributed by atoms with Crippen molar-refractivity contribution in [2.24, 2.45) is 0 Å². The van der Waals surface area contributed by atoms with E-state index in [1.807, 2.05) is 21.5 Å². The lowest BCUT2D eigenvalue weighted by molar-refractivity contribution is -0.134. The van der Waals surface area contributed by atoms with Gasteiger partial charge in [0.1, 0.15) is 12.4 Å². The maximum Gasteiger partial charge on any atom is 0.248 e. The highest BCUT2D eigenvalue weighted by Gasteiger charge is 2.32. The second kappa shape index (κ2) is 7.87. The van der Waals surface area contributed by atoms with Gasteiger partial charge in [-0.1, -0.05) is 20.8 Å². The minimum absolute atomic E-state index is 0.104. The minimum atomic E-state index is -0.113. The predicted molar refractivity (Wildman–Crippen MR) is 110 cm³/mol. The van der Waals surface area contributed by atoms with Gasteiger partial charge in [0, 0.05) is 50.8 Å². The molecule has 2 aliphatic rings. The van der Waals surface area contributed by atoms with E-state index in [0.29, 0.717) is 12.6 Å². The fourth-order valence-corrected chi connectivity index (χ4v) is 3.77. The van der Waals surface area contributed by atoms with E-state index in [9.17, 15) is 4.79 Å². The molecule has 0 bridgehead atoms. The first-order valence-electron chi connectivity index (χ1n) is 10.4. The molecule has 0 saturated carbocycles. The molecular formula is C20H31N7O2. The van der Waals surface area contributed by atoms with Gasteiger partial charge in [-0.05, 0) is 25.6 Å². The molecule has 0 spiro atoms. The van der Waals surface area contributed by atoms with Crippen molar-refractivity contribution in [2.45, 2.75) is 38.6 Å². The molecule has 158 valence electrons. The number of carbonyl (C=O) groups excluding carboxylic acids is 1. The summed E-state index contributed by atoms with van der Waals surface area (Å²) in [5.74, 6) is 1.93. The lowest BCUT2D eigenvalue weighted by Gasteiger charge is -2.45. The Bertz CT molecular complexity index is 869. The topological polar surface area (TPSA) is 79.1 Å². The summed E-state index contributed by atoms with van der Waals surface area (Å²) in [4.78, 5) is 18.6. The molecule has 0 unspecified atom stereocenters. The van der Waals surface area contributed by atoms with Crippen LogP contribution >= 0.6 is 0 Å². The number of hydrogen-bond acceptors (Lipinski definition) is 7. The fourth-order valence-electron chi connectivity index (χ4n) is 3.77. The van der Waals surface area contributed by atoms with Crippen molar-refractivity contribution in [2.75, 3.05) is 57.9 Å². The highest BCUT2D eigenvalue weighted by molar-refractivity contribution is 5.77. The van der Waals surface area contributed by atoms with E-state index in [-0.39, 0.29) is 17.9 Å². The third kappa shape index (κ3) is 4.20. The molecule has 9 heteroatoms. The molecule has 9 nitrogen and oxygen atoms in total. The van der Waals surface area contributed by atoms with Crippen molar-refractivity contribution in [3.63, 3.8) is 0 Å². The normalized spacial score (nSPS) is 19.1. The molecule has 1 amide bonds. The van der Waals surface area contributed by atoms with Gasteiger partial charge < -0.3 is 14.5 Å². The van der Waals surface area contributed by atoms with Crippen LogP contribution in [0, 0.1) is 0 Å². The molecule has 2 aromatic heterocycles. The molecule has 29 heavy (non-hydrogen) atoms. The SMILES string of the molecule is CN(CCN1CCCOCC1=O)C1CN(c2ccc3nnc(C(C)(C)C)n3n2)C1. The fraction of sp³-hybridized carbons (Fsp3) is 0.700. The molecule has 0 N–H and O–H groups in total. The second-order valence-electron chi connectivity index (χ2n) is 9.06. The lowest BCUT2D eigenvalue weighted by Crippen LogP contribution is -2.59. The Kier molecular flexibility index (Phi) is 5.44. The number of rotatable bonds is 5. The standard InChI is InChI=1S/C20H31N7O2/c1-20(2,3)19-22-21-16-6-7-17(23-27(16)19)26-12-15(13-26)24(4)9-10-25-8-5-11-29-14-18(25)28/h6-7,15H,5,8-14H2,1-4H3. The van der Waals surface area contributed by atoms with Crippen LogP contribution in [0.3, 0.4) is 0 Å². The average molecular weight is 402 g/mol. The first-order chi connectivity index (χ1) is 13.8. The molecule has 0 radical (unpaired) electrons. The van der Waals surface area contributed by atoms with Gasteiger partial charge in [-0.15, -0.1) is 15.3 Å². The van der Waals surface area contributed by atoms with Crippen LogP contribution in [0.4, 0.5) is 5.82 Å². The van der Waals surface area contributed by atoms with Crippen LogP contribution in [-0.4, -0.2) is 94.5 Å². The van der Waals surface area contributed by atoms with Gasteiger partial charge in [-0.3, -0.25) is 9.69 Å². The Morgan fingerprint density at radius 1 is 1.24 bits per heavy atom. The molecule has 0 aliphatic carbocycles. The molecule has 0 atom stereocenters. The van der Waals surface area contributed by atoms with Crippen LogP contribution < -0.4 is 4.90 Å². The Morgan fingerprint density at radius 3 is 2.79 bits per heavy atom. The minimum Gasteiger partial charge on any atom is -0.372 e. The average Bonchev–Trinajstić information content (AvgIpc) is 2.95. The van der Waals surface area contributed by atoms with E-state index in [4.69, 9.17) is 9.84 Å². The van der Waals surface area contributed by atoms with Crippen LogP contribution in [0.2, 0.25) is 0 Å². The van der Waals surface area contributed by atoms with Crippen molar-refractivity contribution < 1.29 is 9.53 Å². The summed E-state index contributed by atoms with van der Waals surface area (Å²) in [5.41, 5.74) is 0.664. The molecule has 2 aliphatic heterocycles. The third-order valence-corrected chi connectivity index (χ3v) is 5.75. The third-order valence-electron chi connectivity index (χ3n) is 5.75. The Balaban J connectivity index is 1.34. The molecule has 4 heterocycles. The molecular weight excluding hydrogens is 370 g/mol. The Labute approximate surface area is 171 Å². The number of amides is 1. The van der Waals surface area contributed by atoms with E-state index >= 15 is 0 Å². The van der Waals surface area contributed by atoms with Crippen LogP contribution in [0.1, 0.15) is 33.0 Å². The quantitative estimate of drug-likeness (QED) is 0.733. The van der Waals surface area contributed by atoms with Crippen molar-refractivity contribution in [1.29, 1.82) is 0 Å². The van der Waals surface area contributed by atoms with Crippen molar-refractivity contribution in [3.05, 3.63) is 18.0 Å². The summed E-state index contributed by atoms with van der Waals surface area (Å²) in [6, 6.07) is 4.46. The summed E-state index contributed by atoms with van der Waals surface area (Å²) in [7, 11) is 2.13. The van der Waals surface area contributed by atoms with Gasteiger partial charge in [0.25, 0.3) is 0 Å². The van der Waals surface area contributed by atoms with E-state index in [1.54, 1.807) is 0 Å². The first kappa shape index (κ1) is 20.0. The van der Waals surface area contributed by atoms with E-state index < -0.39 is 0 Å². The van der Waals surface area contributed by atoms with Gasteiger partial charge in [0.2, 0.25) is 5.91 Å². The second-order valence-corrected chi connectivity index (χ2v) is 9.06. The summed E-state index contributed by atoms with van der Waals surface area (Å²) in [6.07, 6.45) is 0.917.